The maximum atomic E-state index is 5.69. The van der Waals surface area contributed by atoms with Gasteiger partial charge in [0.2, 0.25) is 0 Å². The quantitative estimate of drug-likeness (QED) is 0.770. The smallest absolute Gasteiger partial charge is 0.137 e. The predicted octanol–water partition coefficient (Wildman–Crippen LogP) is 2.56. The molecule has 2 rings (SSSR count). The molecule has 0 unspecified atom stereocenters. The number of rotatable bonds is 4. The van der Waals surface area contributed by atoms with Crippen LogP contribution in [-0.2, 0) is 0 Å². The van der Waals surface area contributed by atoms with E-state index in [4.69, 9.17) is 4.74 Å². The van der Waals surface area contributed by atoms with E-state index in [9.17, 15) is 0 Å². The van der Waals surface area contributed by atoms with E-state index in [0.717, 1.165) is 18.1 Å². The summed E-state index contributed by atoms with van der Waals surface area (Å²) in [4.78, 5) is 4.01. The molecule has 0 aliphatic heterocycles. The van der Waals surface area contributed by atoms with E-state index in [2.05, 4.69) is 17.6 Å². The van der Waals surface area contributed by atoms with Crippen molar-refractivity contribution in [2.45, 2.75) is 19.3 Å². The number of hydrogen-bond acceptors (Lipinski definition) is 3. The van der Waals surface area contributed by atoms with E-state index in [1.54, 1.807) is 12.4 Å². The molecular weight excluding hydrogens is 194 g/mol. The first-order valence-electron chi connectivity index (χ1n) is 4.98. The van der Waals surface area contributed by atoms with Crippen LogP contribution in [0.25, 0.3) is 0 Å². The Morgan fingerprint density at radius 1 is 1.50 bits per heavy atom. The van der Waals surface area contributed by atoms with Crippen molar-refractivity contribution in [1.29, 1.82) is 0 Å². The summed E-state index contributed by atoms with van der Waals surface area (Å²) < 4.78 is 5.69. The molecule has 76 valence electrons. The van der Waals surface area contributed by atoms with E-state index < -0.39 is 0 Å². The molecular formula is C11H15NOS. The predicted molar refractivity (Wildman–Crippen MR) is 59.9 cm³/mol. The summed E-state index contributed by atoms with van der Waals surface area (Å²) in [7, 11) is 0. The van der Waals surface area contributed by atoms with E-state index in [-0.39, 0.29) is 0 Å². The standard InChI is InChI=1S/C11H15NOS/c14-9-11(4-2-5-11)8-13-10-3-1-6-12-7-10/h1,3,6-7,14H,2,4-5,8-9H2. The number of aromatic nitrogens is 1. The molecule has 1 aromatic heterocycles. The Morgan fingerprint density at radius 3 is 2.86 bits per heavy atom. The molecule has 1 aliphatic rings. The van der Waals surface area contributed by atoms with Crippen LogP contribution in [0.5, 0.6) is 5.75 Å². The number of ether oxygens (including phenoxy) is 1. The van der Waals surface area contributed by atoms with Crippen LogP contribution >= 0.6 is 12.6 Å². The van der Waals surface area contributed by atoms with Crippen LogP contribution in [0.2, 0.25) is 0 Å². The minimum atomic E-state index is 0.332. The van der Waals surface area contributed by atoms with Gasteiger partial charge in [0, 0.05) is 11.6 Å². The summed E-state index contributed by atoms with van der Waals surface area (Å²) in [6.07, 6.45) is 7.32. The van der Waals surface area contributed by atoms with Crippen LogP contribution in [0, 0.1) is 5.41 Å². The number of nitrogens with zero attached hydrogens (tertiary/aromatic N) is 1. The van der Waals surface area contributed by atoms with Gasteiger partial charge in [-0.2, -0.15) is 12.6 Å². The van der Waals surface area contributed by atoms with Gasteiger partial charge in [-0.15, -0.1) is 0 Å². The first kappa shape index (κ1) is 9.84. The van der Waals surface area contributed by atoms with Gasteiger partial charge < -0.3 is 4.74 Å². The highest BCUT2D eigenvalue weighted by Gasteiger charge is 2.36. The second kappa shape index (κ2) is 4.22. The lowest BCUT2D eigenvalue weighted by atomic mass is 9.71. The van der Waals surface area contributed by atoms with Crippen molar-refractivity contribution in [2.24, 2.45) is 5.41 Å². The number of hydrogen-bond donors (Lipinski definition) is 1. The minimum absolute atomic E-state index is 0.332. The molecule has 0 bridgehead atoms. The summed E-state index contributed by atoms with van der Waals surface area (Å²) in [6, 6.07) is 3.83. The molecule has 3 heteroatoms. The topological polar surface area (TPSA) is 22.1 Å². The normalized spacial score (nSPS) is 18.6. The maximum Gasteiger partial charge on any atom is 0.137 e. The third kappa shape index (κ3) is 2.03. The Kier molecular flexibility index (Phi) is 2.96. The second-order valence-corrected chi connectivity index (χ2v) is 4.31. The molecule has 0 amide bonds. The minimum Gasteiger partial charge on any atom is -0.491 e. The Morgan fingerprint density at radius 2 is 2.36 bits per heavy atom. The fourth-order valence-electron chi connectivity index (χ4n) is 1.69. The molecule has 0 aromatic carbocycles. The number of pyridine rings is 1. The molecule has 0 spiro atoms. The zero-order valence-corrected chi connectivity index (χ0v) is 9.04. The van der Waals surface area contributed by atoms with Crippen molar-refractivity contribution >= 4 is 12.6 Å². The van der Waals surface area contributed by atoms with Crippen LogP contribution in [0.15, 0.2) is 24.5 Å². The van der Waals surface area contributed by atoms with Gasteiger partial charge in [-0.25, -0.2) is 0 Å². The Bertz CT molecular complexity index is 279. The first-order valence-corrected chi connectivity index (χ1v) is 5.62. The Labute approximate surface area is 90.1 Å². The Balaban J connectivity index is 1.88. The molecule has 0 radical (unpaired) electrons. The van der Waals surface area contributed by atoms with Gasteiger partial charge in [0.05, 0.1) is 12.8 Å². The zero-order chi connectivity index (χ0) is 9.86. The largest absolute Gasteiger partial charge is 0.491 e. The van der Waals surface area contributed by atoms with Crippen molar-refractivity contribution in [3.63, 3.8) is 0 Å². The highest BCUT2D eigenvalue weighted by atomic mass is 32.1. The average Bonchev–Trinajstić information content (AvgIpc) is 2.19. The maximum absolute atomic E-state index is 5.69. The Hall–Kier alpha value is -0.700. The lowest BCUT2D eigenvalue weighted by Crippen LogP contribution is -2.37. The van der Waals surface area contributed by atoms with Crippen molar-refractivity contribution < 1.29 is 4.74 Å². The van der Waals surface area contributed by atoms with Crippen molar-refractivity contribution in [3.8, 4) is 5.75 Å². The van der Waals surface area contributed by atoms with Crippen molar-refractivity contribution in [1.82, 2.24) is 4.98 Å². The summed E-state index contributed by atoms with van der Waals surface area (Å²) >= 11 is 4.38. The molecule has 0 saturated heterocycles. The molecule has 1 heterocycles. The molecule has 2 nitrogen and oxygen atoms in total. The number of thiol groups is 1. The molecule has 0 atom stereocenters. The summed E-state index contributed by atoms with van der Waals surface area (Å²) in [5.74, 6) is 1.79. The van der Waals surface area contributed by atoms with Gasteiger partial charge in [-0.1, -0.05) is 6.42 Å². The van der Waals surface area contributed by atoms with E-state index in [1.807, 2.05) is 12.1 Å². The van der Waals surface area contributed by atoms with Gasteiger partial charge in [-0.3, -0.25) is 4.98 Å². The fourth-order valence-corrected chi connectivity index (χ4v) is 2.10. The lowest BCUT2D eigenvalue weighted by molar-refractivity contribution is 0.0827. The molecule has 1 aromatic rings. The van der Waals surface area contributed by atoms with Crippen molar-refractivity contribution in [3.05, 3.63) is 24.5 Å². The molecule has 1 fully saturated rings. The van der Waals surface area contributed by atoms with Gasteiger partial charge in [0.25, 0.3) is 0 Å². The van der Waals surface area contributed by atoms with Crippen LogP contribution in [0.1, 0.15) is 19.3 Å². The van der Waals surface area contributed by atoms with Gasteiger partial charge in [0.15, 0.2) is 0 Å². The van der Waals surface area contributed by atoms with Crippen molar-refractivity contribution in [2.75, 3.05) is 12.4 Å². The van der Waals surface area contributed by atoms with Crippen LogP contribution < -0.4 is 4.74 Å². The monoisotopic (exact) mass is 209 g/mol. The fraction of sp³-hybridized carbons (Fsp3) is 0.545. The van der Waals surface area contributed by atoms with Gasteiger partial charge in [0.1, 0.15) is 5.75 Å². The average molecular weight is 209 g/mol. The highest BCUT2D eigenvalue weighted by molar-refractivity contribution is 7.80. The third-order valence-electron chi connectivity index (χ3n) is 2.93. The SMILES string of the molecule is SCC1(COc2cccnc2)CCC1. The lowest BCUT2D eigenvalue weighted by Gasteiger charge is -2.40. The van der Waals surface area contributed by atoms with E-state index in [1.165, 1.54) is 19.3 Å². The second-order valence-electron chi connectivity index (χ2n) is 3.99. The van der Waals surface area contributed by atoms with Crippen LogP contribution in [-0.4, -0.2) is 17.3 Å². The molecule has 14 heavy (non-hydrogen) atoms. The zero-order valence-electron chi connectivity index (χ0n) is 8.15. The molecule has 1 aliphatic carbocycles. The van der Waals surface area contributed by atoms with Gasteiger partial charge in [-0.05, 0) is 30.7 Å². The highest BCUT2D eigenvalue weighted by Crippen LogP contribution is 2.41. The van der Waals surface area contributed by atoms with Crippen LogP contribution in [0.3, 0.4) is 0 Å². The summed E-state index contributed by atoms with van der Waals surface area (Å²) in [6.45, 7) is 0.780. The third-order valence-corrected chi connectivity index (χ3v) is 3.60. The van der Waals surface area contributed by atoms with E-state index >= 15 is 0 Å². The summed E-state index contributed by atoms with van der Waals surface area (Å²) in [5.41, 5.74) is 0.332. The molecule has 0 N–H and O–H groups in total. The van der Waals surface area contributed by atoms with Gasteiger partial charge >= 0.3 is 0 Å². The first-order chi connectivity index (χ1) is 6.85. The van der Waals surface area contributed by atoms with Crippen LogP contribution in [0.4, 0.5) is 0 Å². The summed E-state index contributed by atoms with van der Waals surface area (Å²) in [5, 5.41) is 0. The van der Waals surface area contributed by atoms with E-state index in [0.29, 0.717) is 5.41 Å². The molecule has 1 saturated carbocycles.